The van der Waals surface area contributed by atoms with Gasteiger partial charge in [0.25, 0.3) is 0 Å². The molecule has 0 saturated carbocycles. The maximum Gasteiger partial charge on any atom is 0.125 e. The van der Waals surface area contributed by atoms with Gasteiger partial charge < -0.3 is 14.8 Å². The van der Waals surface area contributed by atoms with Crippen LogP contribution in [0.1, 0.15) is 37.1 Å². The van der Waals surface area contributed by atoms with Gasteiger partial charge in [-0.05, 0) is 49.6 Å². The van der Waals surface area contributed by atoms with Crippen LogP contribution in [0.4, 0.5) is 0 Å². The van der Waals surface area contributed by atoms with Crippen molar-refractivity contribution in [2.45, 2.75) is 31.8 Å². The zero-order valence-electron chi connectivity index (χ0n) is 11.6. The largest absolute Gasteiger partial charge is 0.467 e. The van der Waals surface area contributed by atoms with Gasteiger partial charge in [-0.1, -0.05) is 28.1 Å². The lowest BCUT2D eigenvalue weighted by Crippen LogP contribution is -2.31. The Hall–Kier alpha value is -1.10. The fourth-order valence-corrected chi connectivity index (χ4v) is 2.48. The molecule has 1 heterocycles. The summed E-state index contributed by atoms with van der Waals surface area (Å²) >= 11 is 3.46. The van der Waals surface area contributed by atoms with Crippen molar-refractivity contribution in [3.05, 3.63) is 58.5 Å². The van der Waals surface area contributed by atoms with Gasteiger partial charge in [0, 0.05) is 17.1 Å². The number of aliphatic hydroxyl groups excluding tert-OH is 1. The zero-order chi connectivity index (χ0) is 14.4. The van der Waals surface area contributed by atoms with Crippen LogP contribution < -0.4 is 5.32 Å². The normalized spacial score (nSPS) is 14.2. The lowest BCUT2D eigenvalue weighted by molar-refractivity contribution is 0.273. The average molecular weight is 338 g/mol. The van der Waals surface area contributed by atoms with Gasteiger partial charge in [-0.25, -0.2) is 0 Å². The van der Waals surface area contributed by atoms with Crippen LogP contribution in [0.2, 0.25) is 0 Å². The van der Waals surface area contributed by atoms with E-state index in [1.165, 1.54) is 5.56 Å². The van der Waals surface area contributed by atoms with E-state index >= 15 is 0 Å². The standard InChI is InChI=1S/C16H20BrNO2/c1-12(4-2-10-19)18-16(15-5-3-11-20-15)13-6-8-14(17)9-7-13/h3,5-9,11-12,16,18-19H,2,4,10H2,1H3. The number of halogens is 1. The fraction of sp³-hybridized carbons (Fsp3) is 0.375. The molecular formula is C16H20BrNO2. The predicted octanol–water partition coefficient (Wildman–Crippen LogP) is 3.88. The minimum absolute atomic E-state index is 0.0341. The third-order valence-electron chi connectivity index (χ3n) is 3.28. The fourth-order valence-electron chi connectivity index (χ4n) is 2.22. The molecule has 2 unspecified atom stereocenters. The smallest absolute Gasteiger partial charge is 0.125 e. The summed E-state index contributed by atoms with van der Waals surface area (Å²) in [7, 11) is 0. The Morgan fingerprint density at radius 2 is 2.00 bits per heavy atom. The number of aliphatic hydroxyl groups is 1. The number of benzene rings is 1. The van der Waals surface area contributed by atoms with Crippen molar-refractivity contribution in [1.29, 1.82) is 0 Å². The van der Waals surface area contributed by atoms with Crippen LogP contribution in [-0.4, -0.2) is 17.8 Å². The second kappa shape index (κ2) is 7.62. The Bertz CT molecular complexity index is 496. The van der Waals surface area contributed by atoms with Crippen molar-refractivity contribution in [2.24, 2.45) is 0 Å². The summed E-state index contributed by atoms with van der Waals surface area (Å²) in [5, 5.41) is 12.5. The number of furan rings is 1. The molecular weight excluding hydrogens is 318 g/mol. The number of hydrogen-bond acceptors (Lipinski definition) is 3. The first-order chi connectivity index (χ1) is 9.70. The number of rotatable bonds is 7. The highest BCUT2D eigenvalue weighted by molar-refractivity contribution is 9.10. The molecule has 0 aliphatic heterocycles. The highest BCUT2D eigenvalue weighted by Crippen LogP contribution is 2.25. The van der Waals surface area contributed by atoms with E-state index in [4.69, 9.17) is 9.52 Å². The van der Waals surface area contributed by atoms with Gasteiger partial charge in [0.15, 0.2) is 0 Å². The number of nitrogens with one attached hydrogen (secondary N) is 1. The van der Waals surface area contributed by atoms with Crippen LogP contribution in [0.25, 0.3) is 0 Å². The Kier molecular flexibility index (Phi) is 5.83. The molecule has 0 saturated heterocycles. The Labute approximate surface area is 128 Å². The molecule has 2 aromatic rings. The van der Waals surface area contributed by atoms with Crippen LogP contribution in [0.5, 0.6) is 0 Å². The topological polar surface area (TPSA) is 45.4 Å². The molecule has 0 radical (unpaired) electrons. The average Bonchev–Trinajstić information content (AvgIpc) is 2.97. The van der Waals surface area contributed by atoms with Gasteiger partial charge in [-0.3, -0.25) is 0 Å². The van der Waals surface area contributed by atoms with E-state index in [0.717, 1.165) is 23.1 Å². The first-order valence-electron chi connectivity index (χ1n) is 6.86. The minimum atomic E-state index is 0.0341. The highest BCUT2D eigenvalue weighted by Gasteiger charge is 2.18. The molecule has 4 heteroatoms. The van der Waals surface area contributed by atoms with E-state index in [-0.39, 0.29) is 12.6 Å². The minimum Gasteiger partial charge on any atom is -0.467 e. The number of hydrogen-bond donors (Lipinski definition) is 2. The zero-order valence-corrected chi connectivity index (χ0v) is 13.1. The summed E-state index contributed by atoms with van der Waals surface area (Å²) in [6.45, 7) is 2.36. The van der Waals surface area contributed by atoms with Crippen molar-refractivity contribution in [2.75, 3.05) is 6.61 Å². The Morgan fingerprint density at radius 1 is 1.25 bits per heavy atom. The van der Waals surface area contributed by atoms with Crippen molar-refractivity contribution >= 4 is 15.9 Å². The predicted molar refractivity (Wildman–Crippen MR) is 83.6 cm³/mol. The Balaban J connectivity index is 2.15. The van der Waals surface area contributed by atoms with E-state index in [2.05, 4.69) is 40.3 Å². The summed E-state index contributed by atoms with van der Waals surface area (Å²) in [6, 6.07) is 12.5. The third-order valence-corrected chi connectivity index (χ3v) is 3.81. The van der Waals surface area contributed by atoms with Crippen LogP contribution in [0.15, 0.2) is 51.6 Å². The molecule has 2 N–H and O–H groups in total. The van der Waals surface area contributed by atoms with Crippen LogP contribution in [0.3, 0.4) is 0 Å². The quantitative estimate of drug-likeness (QED) is 0.805. The highest BCUT2D eigenvalue weighted by atomic mass is 79.9. The van der Waals surface area contributed by atoms with Crippen molar-refractivity contribution < 1.29 is 9.52 Å². The molecule has 108 valence electrons. The molecule has 0 amide bonds. The first kappa shape index (κ1) is 15.3. The second-order valence-corrected chi connectivity index (χ2v) is 5.85. The Morgan fingerprint density at radius 3 is 2.60 bits per heavy atom. The van der Waals surface area contributed by atoms with E-state index in [9.17, 15) is 0 Å². The summed E-state index contributed by atoms with van der Waals surface area (Å²) < 4.78 is 6.62. The lowest BCUT2D eigenvalue weighted by Gasteiger charge is -2.22. The maximum atomic E-state index is 8.93. The van der Waals surface area contributed by atoms with Crippen LogP contribution in [-0.2, 0) is 0 Å². The van der Waals surface area contributed by atoms with Crippen molar-refractivity contribution in [1.82, 2.24) is 5.32 Å². The van der Waals surface area contributed by atoms with Crippen molar-refractivity contribution in [3.63, 3.8) is 0 Å². The molecule has 0 fully saturated rings. The molecule has 0 spiro atoms. The van der Waals surface area contributed by atoms with Crippen LogP contribution in [0, 0.1) is 0 Å². The van der Waals surface area contributed by atoms with Crippen molar-refractivity contribution in [3.8, 4) is 0 Å². The maximum absolute atomic E-state index is 8.93. The SMILES string of the molecule is CC(CCCO)NC(c1ccc(Br)cc1)c1ccco1. The van der Waals surface area contributed by atoms with Gasteiger partial charge in [-0.2, -0.15) is 0 Å². The monoisotopic (exact) mass is 337 g/mol. The summed E-state index contributed by atoms with van der Waals surface area (Å²) in [4.78, 5) is 0. The molecule has 0 bridgehead atoms. The van der Waals surface area contributed by atoms with E-state index in [0.29, 0.717) is 6.04 Å². The molecule has 0 aliphatic rings. The van der Waals surface area contributed by atoms with Gasteiger partial charge >= 0.3 is 0 Å². The third kappa shape index (κ3) is 4.20. The molecule has 20 heavy (non-hydrogen) atoms. The molecule has 0 aliphatic carbocycles. The summed E-state index contributed by atoms with van der Waals surface area (Å²) in [5.41, 5.74) is 1.17. The van der Waals surface area contributed by atoms with Crippen LogP contribution >= 0.6 is 15.9 Å². The molecule has 1 aromatic heterocycles. The van der Waals surface area contributed by atoms with E-state index < -0.39 is 0 Å². The summed E-state index contributed by atoms with van der Waals surface area (Å²) in [5.74, 6) is 0.906. The van der Waals surface area contributed by atoms with Gasteiger partial charge in [0.2, 0.25) is 0 Å². The molecule has 3 nitrogen and oxygen atoms in total. The van der Waals surface area contributed by atoms with Gasteiger partial charge in [0.05, 0.1) is 12.3 Å². The van der Waals surface area contributed by atoms with Gasteiger partial charge in [-0.15, -0.1) is 0 Å². The first-order valence-corrected chi connectivity index (χ1v) is 7.66. The second-order valence-electron chi connectivity index (χ2n) is 4.93. The summed E-state index contributed by atoms with van der Waals surface area (Å²) in [6.07, 6.45) is 3.44. The molecule has 2 atom stereocenters. The lowest BCUT2D eigenvalue weighted by atomic mass is 10.0. The van der Waals surface area contributed by atoms with E-state index in [1.807, 2.05) is 24.3 Å². The molecule has 1 aromatic carbocycles. The van der Waals surface area contributed by atoms with Gasteiger partial charge in [0.1, 0.15) is 5.76 Å². The van der Waals surface area contributed by atoms with E-state index in [1.54, 1.807) is 6.26 Å². The molecule has 2 rings (SSSR count).